The Bertz CT molecular complexity index is 799. The zero-order valence-electron chi connectivity index (χ0n) is 13.0. The molecule has 126 valence electrons. The predicted octanol–water partition coefficient (Wildman–Crippen LogP) is 2.67. The first-order valence-electron chi connectivity index (χ1n) is 7.43. The number of carboxylic acids is 1. The minimum atomic E-state index is -1.09. The van der Waals surface area contributed by atoms with Gasteiger partial charge in [-0.3, -0.25) is 9.48 Å². The summed E-state index contributed by atoms with van der Waals surface area (Å²) in [7, 11) is 1.83. The zero-order chi connectivity index (χ0) is 17.3. The molecule has 8 heteroatoms. The second-order valence-electron chi connectivity index (χ2n) is 5.62. The lowest BCUT2D eigenvalue weighted by atomic mass is 10.1. The second kappa shape index (κ2) is 6.52. The van der Waals surface area contributed by atoms with Gasteiger partial charge >= 0.3 is 5.97 Å². The van der Waals surface area contributed by atoms with Crippen LogP contribution in [0.15, 0.2) is 24.4 Å². The molecule has 0 atom stereocenters. The van der Waals surface area contributed by atoms with Crippen LogP contribution in [0, 0.1) is 0 Å². The molecule has 1 amide bonds. The van der Waals surface area contributed by atoms with Gasteiger partial charge in [-0.25, -0.2) is 4.79 Å². The first-order chi connectivity index (χ1) is 11.5. The highest BCUT2D eigenvalue weighted by atomic mass is 35.5. The normalized spacial score (nSPS) is 13.6. The molecule has 1 saturated carbocycles. The van der Waals surface area contributed by atoms with Crippen molar-refractivity contribution in [2.75, 3.05) is 11.9 Å². The number of benzene rings is 1. The van der Waals surface area contributed by atoms with Crippen LogP contribution in [-0.2, 0) is 11.8 Å². The number of aliphatic carboxylic acids is 1. The van der Waals surface area contributed by atoms with E-state index in [4.69, 9.17) is 21.4 Å². The number of carbonyl (C=O) groups is 2. The van der Waals surface area contributed by atoms with Crippen molar-refractivity contribution in [3.63, 3.8) is 0 Å². The maximum atomic E-state index is 12.5. The molecule has 1 aliphatic carbocycles. The third kappa shape index (κ3) is 3.51. The molecule has 2 N–H and O–H groups in total. The monoisotopic (exact) mass is 349 g/mol. The lowest BCUT2D eigenvalue weighted by molar-refractivity contribution is -0.139. The van der Waals surface area contributed by atoms with E-state index in [0.29, 0.717) is 17.2 Å². The summed E-state index contributed by atoms with van der Waals surface area (Å²) in [6, 6.07) is 4.64. The largest absolute Gasteiger partial charge is 0.480 e. The second-order valence-corrected chi connectivity index (χ2v) is 6.03. The van der Waals surface area contributed by atoms with Crippen LogP contribution in [0.2, 0.25) is 5.02 Å². The number of halogens is 1. The molecular formula is C16H16ClN3O4. The van der Waals surface area contributed by atoms with E-state index < -0.39 is 12.6 Å². The molecule has 1 aliphatic rings. The highest BCUT2D eigenvalue weighted by Gasteiger charge is 2.31. The molecule has 1 fully saturated rings. The summed E-state index contributed by atoms with van der Waals surface area (Å²) in [5.74, 6) is -0.696. The number of nitrogens with zero attached hydrogens (tertiary/aromatic N) is 2. The maximum Gasteiger partial charge on any atom is 0.341 e. The van der Waals surface area contributed by atoms with Gasteiger partial charge < -0.3 is 15.2 Å². The molecule has 0 aliphatic heterocycles. The molecule has 1 aromatic carbocycles. The Balaban J connectivity index is 1.73. The zero-order valence-corrected chi connectivity index (χ0v) is 13.7. The van der Waals surface area contributed by atoms with Crippen molar-refractivity contribution >= 4 is 29.2 Å². The topological polar surface area (TPSA) is 93.5 Å². The van der Waals surface area contributed by atoms with Crippen LogP contribution in [0.3, 0.4) is 0 Å². The number of anilines is 1. The summed E-state index contributed by atoms with van der Waals surface area (Å²) in [4.78, 5) is 23.0. The Labute approximate surface area is 143 Å². The number of aromatic nitrogens is 2. The molecule has 0 spiro atoms. The summed E-state index contributed by atoms with van der Waals surface area (Å²) in [6.07, 6.45) is 3.71. The van der Waals surface area contributed by atoms with Crippen LogP contribution in [0.5, 0.6) is 5.75 Å². The summed E-state index contributed by atoms with van der Waals surface area (Å²) in [6.45, 7) is -0.480. The minimum Gasteiger partial charge on any atom is -0.480 e. The van der Waals surface area contributed by atoms with Crippen molar-refractivity contribution in [2.45, 2.75) is 18.8 Å². The van der Waals surface area contributed by atoms with Crippen LogP contribution >= 0.6 is 11.6 Å². The molecule has 3 rings (SSSR count). The molecule has 0 bridgehead atoms. The molecule has 0 unspecified atom stereocenters. The number of ether oxygens (including phenoxy) is 1. The first-order valence-corrected chi connectivity index (χ1v) is 7.81. The van der Waals surface area contributed by atoms with Crippen LogP contribution in [0.4, 0.5) is 5.69 Å². The van der Waals surface area contributed by atoms with Gasteiger partial charge in [0.2, 0.25) is 0 Å². The minimum absolute atomic E-state index is 0.225. The van der Waals surface area contributed by atoms with Crippen molar-refractivity contribution in [3.05, 3.63) is 40.7 Å². The lowest BCUT2D eigenvalue weighted by Crippen LogP contribution is -2.14. The van der Waals surface area contributed by atoms with Gasteiger partial charge in [0, 0.05) is 18.7 Å². The van der Waals surface area contributed by atoms with E-state index in [0.717, 1.165) is 18.5 Å². The maximum absolute atomic E-state index is 12.5. The van der Waals surface area contributed by atoms with Crippen molar-refractivity contribution < 1.29 is 19.4 Å². The van der Waals surface area contributed by atoms with Gasteiger partial charge in [0.15, 0.2) is 6.61 Å². The van der Waals surface area contributed by atoms with E-state index in [1.807, 2.05) is 7.05 Å². The summed E-state index contributed by atoms with van der Waals surface area (Å²) in [5, 5.41) is 15.8. The fourth-order valence-corrected chi connectivity index (χ4v) is 2.73. The SMILES string of the molecule is Cn1ncc(C(=O)Nc2ccc(OCC(=O)O)c(Cl)c2)c1C1CC1. The Morgan fingerprint density at radius 3 is 2.83 bits per heavy atom. The van der Waals surface area contributed by atoms with Gasteiger partial charge in [0.05, 0.1) is 22.5 Å². The lowest BCUT2D eigenvalue weighted by Gasteiger charge is -2.10. The number of hydrogen-bond acceptors (Lipinski definition) is 4. The summed E-state index contributed by atoms with van der Waals surface area (Å²) >= 11 is 6.05. The van der Waals surface area contributed by atoms with Crippen LogP contribution in [0.1, 0.15) is 34.8 Å². The molecular weight excluding hydrogens is 334 g/mol. The van der Waals surface area contributed by atoms with Crippen molar-refractivity contribution in [1.29, 1.82) is 0 Å². The standard InChI is InChI=1S/C16H16ClN3O4/c1-20-15(9-2-3-9)11(7-18-20)16(23)19-10-4-5-13(12(17)6-10)24-8-14(21)22/h4-7,9H,2-3,8H2,1H3,(H,19,23)(H,21,22). The van der Waals surface area contributed by atoms with Gasteiger partial charge in [-0.1, -0.05) is 11.6 Å². The van der Waals surface area contributed by atoms with E-state index in [2.05, 4.69) is 10.4 Å². The highest BCUT2D eigenvalue weighted by Crippen LogP contribution is 2.41. The number of carboxylic acid groups (broad SMARTS) is 1. The van der Waals surface area contributed by atoms with E-state index in [1.54, 1.807) is 16.9 Å². The first kappa shape index (κ1) is 16.3. The van der Waals surface area contributed by atoms with Gasteiger partial charge in [-0.2, -0.15) is 5.10 Å². The van der Waals surface area contributed by atoms with E-state index in [-0.39, 0.29) is 16.7 Å². The Kier molecular flexibility index (Phi) is 4.44. The smallest absolute Gasteiger partial charge is 0.341 e. The van der Waals surface area contributed by atoms with Crippen LogP contribution in [0.25, 0.3) is 0 Å². The number of nitrogens with one attached hydrogen (secondary N) is 1. The van der Waals surface area contributed by atoms with Crippen LogP contribution < -0.4 is 10.1 Å². The Morgan fingerprint density at radius 2 is 2.21 bits per heavy atom. The molecule has 0 saturated heterocycles. The molecule has 7 nitrogen and oxygen atoms in total. The van der Waals surface area contributed by atoms with Crippen LogP contribution in [-0.4, -0.2) is 33.4 Å². The van der Waals surface area contributed by atoms with Crippen molar-refractivity contribution in [3.8, 4) is 5.75 Å². The van der Waals surface area contributed by atoms with E-state index in [1.165, 1.54) is 12.1 Å². The predicted molar refractivity (Wildman–Crippen MR) is 87.7 cm³/mol. The Hall–Kier alpha value is -2.54. The van der Waals surface area contributed by atoms with Gasteiger partial charge in [0.25, 0.3) is 5.91 Å². The number of rotatable bonds is 6. The molecule has 2 aromatic rings. The average molecular weight is 350 g/mol. The third-order valence-electron chi connectivity index (χ3n) is 3.73. The van der Waals surface area contributed by atoms with E-state index >= 15 is 0 Å². The molecule has 1 heterocycles. The number of aryl methyl sites for hydroxylation is 1. The van der Waals surface area contributed by atoms with Gasteiger partial charge in [-0.15, -0.1) is 0 Å². The van der Waals surface area contributed by atoms with Crippen molar-refractivity contribution in [1.82, 2.24) is 9.78 Å². The fraction of sp³-hybridized carbons (Fsp3) is 0.312. The highest BCUT2D eigenvalue weighted by molar-refractivity contribution is 6.32. The van der Waals surface area contributed by atoms with Gasteiger partial charge in [-0.05, 0) is 31.0 Å². The van der Waals surface area contributed by atoms with Crippen molar-refractivity contribution in [2.24, 2.45) is 7.05 Å². The molecule has 0 radical (unpaired) electrons. The molecule has 1 aromatic heterocycles. The summed E-state index contributed by atoms with van der Waals surface area (Å²) < 4.78 is 6.79. The van der Waals surface area contributed by atoms with E-state index in [9.17, 15) is 9.59 Å². The number of carbonyl (C=O) groups excluding carboxylic acids is 1. The summed E-state index contributed by atoms with van der Waals surface area (Å²) in [5.41, 5.74) is 2.00. The van der Waals surface area contributed by atoms with Gasteiger partial charge in [0.1, 0.15) is 5.75 Å². The fourth-order valence-electron chi connectivity index (χ4n) is 2.50. The third-order valence-corrected chi connectivity index (χ3v) is 4.03. The number of amides is 1. The Morgan fingerprint density at radius 1 is 1.46 bits per heavy atom. The molecule has 24 heavy (non-hydrogen) atoms. The quantitative estimate of drug-likeness (QED) is 0.836. The number of hydrogen-bond donors (Lipinski definition) is 2. The average Bonchev–Trinajstić information content (AvgIpc) is 3.28.